The molecular weight excluding hydrogens is 284 g/mol. The summed E-state index contributed by atoms with van der Waals surface area (Å²) in [5.41, 5.74) is 2.73. The summed E-state index contributed by atoms with van der Waals surface area (Å²) in [7, 11) is 0. The third-order valence-electron chi connectivity index (χ3n) is 4.30. The van der Waals surface area contributed by atoms with Crippen molar-refractivity contribution in [2.45, 2.75) is 45.4 Å². The Morgan fingerprint density at radius 2 is 1.73 bits per heavy atom. The average molecular weight is 303 g/mol. The van der Waals surface area contributed by atoms with Gasteiger partial charge in [-0.05, 0) is 54.9 Å². The van der Waals surface area contributed by atoms with Gasteiger partial charge in [-0.15, -0.1) is 0 Å². The first-order chi connectivity index (χ1) is 10.5. The van der Waals surface area contributed by atoms with Gasteiger partial charge in [0.15, 0.2) is 11.6 Å². The van der Waals surface area contributed by atoms with Crippen LogP contribution < -0.4 is 0 Å². The highest BCUT2D eigenvalue weighted by atomic mass is 19.2. The third kappa shape index (κ3) is 2.47. The number of pyridine rings is 1. The smallest absolute Gasteiger partial charge is 0.168 e. The minimum absolute atomic E-state index is 0.0132. The molecule has 1 aliphatic rings. The molecule has 0 bridgehead atoms. The van der Waals surface area contributed by atoms with Crippen molar-refractivity contribution in [2.75, 3.05) is 0 Å². The molecular formula is C18H19F2NO. The van der Waals surface area contributed by atoms with Gasteiger partial charge in [0.25, 0.3) is 0 Å². The SMILES string of the molecule is CC(C)c1c(O)cc(-c2cc3c(cn2)CCCC3)c(F)c1F. The summed E-state index contributed by atoms with van der Waals surface area (Å²) in [5, 5.41) is 10.0. The Morgan fingerprint density at radius 3 is 2.41 bits per heavy atom. The molecule has 4 heteroatoms. The molecule has 0 amide bonds. The van der Waals surface area contributed by atoms with Crippen molar-refractivity contribution < 1.29 is 13.9 Å². The van der Waals surface area contributed by atoms with E-state index in [0.717, 1.165) is 31.2 Å². The topological polar surface area (TPSA) is 33.1 Å². The first kappa shape index (κ1) is 14.9. The van der Waals surface area contributed by atoms with E-state index in [1.807, 2.05) is 6.07 Å². The van der Waals surface area contributed by atoms with Gasteiger partial charge in [0.2, 0.25) is 0 Å². The van der Waals surface area contributed by atoms with E-state index in [4.69, 9.17) is 0 Å². The zero-order chi connectivity index (χ0) is 15.9. The van der Waals surface area contributed by atoms with Gasteiger partial charge in [-0.2, -0.15) is 0 Å². The number of phenols is 1. The first-order valence-electron chi connectivity index (χ1n) is 7.68. The van der Waals surface area contributed by atoms with Gasteiger partial charge >= 0.3 is 0 Å². The number of aromatic hydroxyl groups is 1. The highest BCUT2D eigenvalue weighted by Crippen LogP contribution is 2.36. The summed E-state index contributed by atoms with van der Waals surface area (Å²) in [6.45, 7) is 3.43. The van der Waals surface area contributed by atoms with E-state index < -0.39 is 11.6 Å². The maximum atomic E-state index is 14.4. The Bertz CT molecular complexity index is 726. The van der Waals surface area contributed by atoms with Gasteiger partial charge in [0.05, 0.1) is 5.69 Å². The van der Waals surface area contributed by atoms with Crippen LogP contribution >= 0.6 is 0 Å². The first-order valence-corrected chi connectivity index (χ1v) is 7.68. The molecule has 0 radical (unpaired) electrons. The van der Waals surface area contributed by atoms with Crippen LogP contribution in [0.5, 0.6) is 5.75 Å². The van der Waals surface area contributed by atoms with E-state index in [0.29, 0.717) is 5.69 Å². The lowest BCUT2D eigenvalue weighted by atomic mass is 9.91. The lowest BCUT2D eigenvalue weighted by Gasteiger charge is -2.17. The summed E-state index contributed by atoms with van der Waals surface area (Å²) in [5.74, 6) is -2.43. The largest absolute Gasteiger partial charge is 0.508 e. The van der Waals surface area contributed by atoms with E-state index in [2.05, 4.69) is 4.98 Å². The van der Waals surface area contributed by atoms with Crippen LogP contribution in [0.3, 0.4) is 0 Å². The fourth-order valence-corrected chi connectivity index (χ4v) is 3.12. The monoisotopic (exact) mass is 303 g/mol. The van der Waals surface area contributed by atoms with Crippen molar-refractivity contribution >= 4 is 0 Å². The average Bonchev–Trinajstić information content (AvgIpc) is 2.50. The zero-order valence-electron chi connectivity index (χ0n) is 12.8. The van der Waals surface area contributed by atoms with E-state index in [1.165, 1.54) is 11.6 Å². The molecule has 1 aromatic heterocycles. The molecule has 0 saturated carbocycles. The van der Waals surface area contributed by atoms with Crippen LogP contribution in [0.2, 0.25) is 0 Å². The molecule has 2 aromatic rings. The van der Waals surface area contributed by atoms with Crippen LogP contribution in [-0.2, 0) is 12.8 Å². The van der Waals surface area contributed by atoms with Crippen LogP contribution in [0, 0.1) is 11.6 Å². The molecule has 0 saturated heterocycles. The second-order valence-corrected chi connectivity index (χ2v) is 6.18. The van der Waals surface area contributed by atoms with Gasteiger partial charge in [-0.3, -0.25) is 4.98 Å². The molecule has 116 valence electrons. The molecule has 0 fully saturated rings. The minimum Gasteiger partial charge on any atom is -0.508 e. The van der Waals surface area contributed by atoms with E-state index >= 15 is 0 Å². The molecule has 1 aromatic carbocycles. The predicted molar refractivity (Wildman–Crippen MR) is 82.0 cm³/mol. The number of hydrogen-bond donors (Lipinski definition) is 1. The molecule has 3 rings (SSSR count). The standard InChI is InChI=1S/C18H19F2NO/c1-10(2)16-15(22)8-13(17(19)18(16)20)14-7-11-5-3-4-6-12(11)9-21-14/h7-10,22H,3-6H2,1-2H3. The fraction of sp³-hybridized carbons (Fsp3) is 0.389. The molecule has 0 unspecified atom stereocenters. The summed E-state index contributed by atoms with van der Waals surface area (Å²) in [6.07, 6.45) is 5.91. The molecule has 1 heterocycles. The lowest BCUT2D eigenvalue weighted by Crippen LogP contribution is -2.05. The van der Waals surface area contributed by atoms with Crippen molar-refractivity contribution in [1.82, 2.24) is 4.98 Å². The van der Waals surface area contributed by atoms with Crippen molar-refractivity contribution in [3.8, 4) is 17.0 Å². The lowest BCUT2D eigenvalue weighted by molar-refractivity contribution is 0.437. The van der Waals surface area contributed by atoms with Crippen LogP contribution in [-0.4, -0.2) is 10.1 Å². The van der Waals surface area contributed by atoms with Crippen molar-refractivity contribution in [3.63, 3.8) is 0 Å². The fourth-order valence-electron chi connectivity index (χ4n) is 3.12. The Balaban J connectivity index is 2.13. The number of halogens is 2. The number of nitrogens with zero attached hydrogens (tertiary/aromatic N) is 1. The summed E-state index contributed by atoms with van der Waals surface area (Å²) in [6, 6.07) is 3.10. The van der Waals surface area contributed by atoms with Gasteiger partial charge in [-0.1, -0.05) is 13.8 Å². The van der Waals surface area contributed by atoms with Gasteiger partial charge < -0.3 is 5.11 Å². The Hall–Kier alpha value is -1.97. The van der Waals surface area contributed by atoms with Crippen LogP contribution in [0.25, 0.3) is 11.3 Å². The van der Waals surface area contributed by atoms with Crippen molar-refractivity contribution in [3.05, 3.63) is 46.7 Å². The van der Waals surface area contributed by atoms with Crippen molar-refractivity contribution in [1.29, 1.82) is 0 Å². The van der Waals surface area contributed by atoms with Gasteiger partial charge in [-0.25, -0.2) is 8.78 Å². The minimum atomic E-state index is -0.982. The highest BCUT2D eigenvalue weighted by molar-refractivity contribution is 5.65. The number of benzene rings is 1. The molecule has 1 N–H and O–H groups in total. The maximum Gasteiger partial charge on any atom is 0.168 e. The summed E-state index contributed by atoms with van der Waals surface area (Å²) < 4.78 is 28.6. The van der Waals surface area contributed by atoms with E-state index in [-0.39, 0.29) is 22.8 Å². The van der Waals surface area contributed by atoms with Crippen LogP contribution in [0.15, 0.2) is 18.3 Å². The molecule has 22 heavy (non-hydrogen) atoms. The number of rotatable bonds is 2. The van der Waals surface area contributed by atoms with Crippen LogP contribution in [0.4, 0.5) is 8.78 Å². The molecule has 2 nitrogen and oxygen atoms in total. The maximum absolute atomic E-state index is 14.4. The molecule has 0 atom stereocenters. The van der Waals surface area contributed by atoms with Crippen molar-refractivity contribution in [2.24, 2.45) is 0 Å². The molecule has 0 spiro atoms. The van der Waals surface area contributed by atoms with Gasteiger partial charge in [0, 0.05) is 17.3 Å². The Kier molecular flexibility index (Phi) is 3.85. The number of hydrogen-bond acceptors (Lipinski definition) is 2. The number of fused-ring (bicyclic) bond motifs is 1. The third-order valence-corrected chi connectivity index (χ3v) is 4.30. The number of phenolic OH excluding ortho intramolecular Hbond substituents is 1. The molecule has 1 aliphatic carbocycles. The Morgan fingerprint density at radius 1 is 1.05 bits per heavy atom. The quantitative estimate of drug-likeness (QED) is 0.869. The summed E-state index contributed by atoms with van der Waals surface area (Å²) >= 11 is 0. The highest BCUT2D eigenvalue weighted by Gasteiger charge is 2.22. The Labute approximate surface area is 128 Å². The second-order valence-electron chi connectivity index (χ2n) is 6.18. The van der Waals surface area contributed by atoms with E-state index in [9.17, 15) is 13.9 Å². The summed E-state index contributed by atoms with van der Waals surface area (Å²) in [4.78, 5) is 4.26. The number of aryl methyl sites for hydroxylation is 2. The van der Waals surface area contributed by atoms with Crippen LogP contribution in [0.1, 0.15) is 49.3 Å². The number of aromatic nitrogens is 1. The zero-order valence-corrected chi connectivity index (χ0v) is 12.8. The predicted octanol–water partition coefficient (Wildman–Crippen LogP) is 4.73. The normalized spacial score (nSPS) is 14.2. The van der Waals surface area contributed by atoms with Gasteiger partial charge in [0.1, 0.15) is 5.75 Å². The van der Waals surface area contributed by atoms with E-state index in [1.54, 1.807) is 20.0 Å². The molecule has 0 aliphatic heterocycles. The second kappa shape index (κ2) is 5.67.